The summed E-state index contributed by atoms with van der Waals surface area (Å²) in [5.74, 6) is 1.76. The second-order valence-electron chi connectivity index (χ2n) is 7.90. The molecule has 1 N–H and O–H groups in total. The number of aromatic nitrogens is 2. The Bertz CT molecular complexity index is 978. The maximum Gasteiger partial charge on any atom is 0.254 e. The number of carbonyl (C=O) groups excluding carboxylic acids is 2. The third-order valence-corrected chi connectivity index (χ3v) is 5.72. The molecule has 2 aromatic rings. The SMILES string of the molecule is CNC(=O)c1cnc(C)nc1C1CCCCN1C(=O)Cc1ccc2c(c1)OCCCO2. The summed E-state index contributed by atoms with van der Waals surface area (Å²) in [6.45, 7) is 3.68. The van der Waals surface area contributed by atoms with Crippen LogP contribution < -0.4 is 14.8 Å². The van der Waals surface area contributed by atoms with Gasteiger partial charge >= 0.3 is 0 Å². The van der Waals surface area contributed by atoms with E-state index in [2.05, 4.69) is 15.3 Å². The number of benzene rings is 1. The summed E-state index contributed by atoms with van der Waals surface area (Å²) in [5, 5.41) is 2.65. The first-order chi connectivity index (χ1) is 15.1. The maximum atomic E-state index is 13.3. The van der Waals surface area contributed by atoms with Crippen molar-refractivity contribution in [3.05, 3.63) is 47.0 Å². The normalized spacial score (nSPS) is 18.3. The lowest BCUT2D eigenvalue weighted by molar-refractivity contribution is -0.134. The molecule has 0 bridgehead atoms. The monoisotopic (exact) mass is 424 g/mol. The highest BCUT2D eigenvalue weighted by atomic mass is 16.5. The molecule has 1 unspecified atom stereocenters. The van der Waals surface area contributed by atoms with Crippen molar-refractivity contribution in [2.24, 2.45) is 0 Å². The summed E-state index contributed by atoms with van der Waals surface area (Å²) in [6, 6.07) is 5.43. The van der Waals surface area contributed by atoms with E-state index in [4.69, 9.17) is 9.47 Å². The summed E-state index contributed by atoms with van der Waals surface area (Å²) >= 11 is 0. The lowest BCUT2D eigenvalue weighted by Gasteiger charge is -2.36. The molecule has 0 aliphatic carbocycles. The Hall–Kier alpha value is -3.16. The number of likely N-dealkylation sites (tertiary alicyclic amines) is 1. The molecule has 31 heavy (non-hydrogen) atoms. The maximum absolute atomic E-state index is 13.3. The summed E-state index contributed by atoms with van der Waals surface area (Å²) in [7, 11) is 1.58. The third kappa shape index (κ3) is 4.62. The van der Waals surface area contributed by atoms with E-state index in [1.54, 1.807) is 20.2 Å². The highest BCUT2D eigenvalue weighted by molar-refractivity contribution is 5.95. The summed E-state index contributed by atoms with van der Waals surface area (Å²) in [6.07, 6.45) is 5.33. The van der Waals surface area contributed by atoms with E-state index in [0.29, 0.717) is 42.6 Å². The Morgan fingerprint density at radius 1 is 1.16 bits per heavy atom. The lowest BCUT2D eigenvalue weighted by Crippen LogP contribution is -2.40. The van der Waals surface area contributed by atoms with Crippen molar-refractivity contribution in [2.75, 3.05) is 26.8 Å². The number of hydrogen-bond donors (Lipinski definition) is 1. The molecule has 164 valence electrons. The highest BCUT2D eigenvalue weighted by Gasteiger charge is 2.32. The number of nitrogens with zero attached hydrogens (tertiary/aromatic N) is 3. The Balaban J connectivity index is 1.58. The van der Waals surface area contributed by atoms with Crippen LogP contribution >= 0.6 is 0 Å². The summed E-state index contributed by atoms with van der Waals surface area (Å²) in [5.41, 5.74) is 1.93. The molecule has 2 amide bonds. The van der Waals surface area contributed by atoms with Crippen molar-refractivity contribution in [1.82, 2.24) is 20.2 Å². The predicted molar refractivity (Wildman–Crippen MR) is 114 cm³/mol. The first-order valence-corrected chi connectivity index (χ1v) is 10.8. The zero-order valence-electron chi connectivity index (χ0n) is 18.0. The summed E-state index contributed by atoms with van der Waals surface area (Å²) in [4.78, 5) is 36.4. The van der Waals surface area contributed by atoms with E-state index in [-0.39, 0.29) is 24.3 Å². The largest absolute Gasteiger partial charge is 0.490 e. The van der Waals surface area contributed by atoms with E-state index >= 15 is 0 Å². The molecule has 8 heteroatoms. The van der Waals surface area contributed by atoms with E-state index in [9.17, 15) is 9.59 Å². The predicted octanol–water partition coefficient (Wildman–Crippen LogP) is 2.60. The van der Waals surface area contributed by atoms with Crippen LogP contribution in [0.3, 0.4) is 0 Å². The molecular formula is C23H28N4O4. The highest BCUT2D eigenvalue weighted by Crippen LogP contribution is 2.34. The number of amides is 2. The van der Waals surface area contributed by atoms with Crippen LogP contribution in [0.25, 0.3) is 0 Å². The van der Waals surface area contributed by atoms with Gasteiger partial charge in [0.15, 0.2) is 11.5 Å². The fraction of sp³-hybridized carbons (Fsp3) is 0.478. The lowest BCUT2D eigenvalue weighted by atomic mass is 9.95. The molecule has 1 aromatic heterocycles. The van der Waals surface area contributed by atoms with Gasteiger partial charge in [-0.05, 0) is 43.9 Å². The van der Waals surface area contributed by atoms with Crippen LogP contribution in [0.4, 0.5) is 0 Å². The van der Waals surface area contributed by atoms with Gasteiger partial charge in [0.25, 0.3) is 5.91 Å². The van der Waals surface area contributed by atoms with Gasteiger partial charge in [0.05, 0.1) is 36.9 Å². The average Bonchev–Trinajstić information content (AvgIpc) is 3.03. The van der Waals surface area contributed by atoms with Crippen LogP contribution in [-0.2, 0) is 11.2 Å². The smallest absolute Gasteiger partial charge is 0.254 e. The number of aryl methyl sites for hydroxylation is 1. The van der Waals surface area contributed by atoms with Crippen molar-refractivity contribution in [3.63, 3.8) is 0 Å². The van der Waals surface area contributed by atoms with Gasteiger partial charge in [0.2, 0.25) is 5.91 Å². The molecule has 1 atom stereocenters. The van der Waals surface area contributed by atoms with Crippen molar-refractivity contribution >= 4 is 11.8 Å². The fourth-order valence-corrected chi connectivity index (χ4v) is 4.16. The first kappa shape index (κ1) is 21.1. The van der Waals surface area contributed by atoms with Crippen molar-refractivity contribution in [1.29, 1.82) is 0 Å². The molecular weight excluding hydrogens is 396 g/mol. The number of piperidine rings is 1. The van der Waals surface area contributed by atoms with Crippen LogP contribution in [0.15, 0.2) is 24.4 Å². The Kier molecular flexibility index (Phi) is 6.34. The van der Waals surface area contributed by atoms with Gasteiger partial charge in [-0.2, -0.15) is 0 Å². The number of ether oxygens (including phenoxy) is 2. The number of rotatable bonds is 4. The van der Waals surface area contributed by atoms with Crippen LogP contribution in [0.1, 0.15) is 59.2 Å². The minimum Gasteiger partial charge on any atom is -0.490 e. The van der Waals surface area contributed by atoms with E-state index < -0.39 is 0 Å². The topological polar surface area (TPSA) is 93.7 Å². The van der Waals surface area contributed by atoms with Gasteiger partial charge in [0.1, 0.15) is 5.82 Å². The van der Waals surface area contributed by atoms with Gasteiger partial charge in [-0.1, -0.05) is 6.07 Å². The minimum atomic E-state index is -0.240. The average molecular weight is 425 g/mol. The molecule has 1 fully saturated rings. The van der Waals surface area contributed by atoms with Crippen LogP contribution in [0, 0.1) is 6.92 Å². The molecule has 2 aliphatic rings. The van der Waals surface area contributed by atoms with Crippen molar-refractivity contribution in [2.45, 2.75) is 45.1 Å². The van der Waals surface area contributed by atoms with Gasteiger partial charge in [0, 0.05) is 26.2 Å². The molecule has 3 heterocycles. The molecule has 4 rings (SSSR count). The molecule has 0 radical (unpaired) electrons. The van der Waals surface area contributed by atoms with Gasteiger partial charge < -0.3 is 19.7 Å². The van der Waals surface area contributed by atoms with E-state index in [1.165, 1.54) is 0 Å². The molecule has 1 aromatic carbocycles. The summed E-state index contributed by atoms with van der Waals surface area (Å²) < 4.78 is 11.4. The molecule has 1 saturated heterocycles. The van der Waals surface area contributed by atoms with Crippen LogP contribution in [0.2, 0.25) is 0 Å². The van der Waals surface area contributed by atoms with E-state index in [0.717, 1.165) is 37.0 Å². The standard InChI is InChI=1S/C23H28N4O4/c1-15-25-14-17(23(29)24-2)22(26-15)18-6-3-4-9-27(18)21(28)13-16-7-8-19-20(12-16)31-11-5-10-30-19/h7-8,12,14,18H,3-6,9-11,13H2,1-2H3,(H,24,29). The minimum absolute atomic E-state index is 0.0123. The van der Waals surface area contributed by atoms with Gasteiger partial charge in [-0.15, -0.1) is 0 Å². The van der Waals surface area contributed by atoms with Crippen LogP contribution in [0.5, 0.6) is 11.5 Å². The van der Waals surface area contributed by atoms with Gasteiger partial charge in [-0.3, -0.25) is 9.59 Å². The van der Waals surface area contributed by atoms with E-state index in [1.807, 2.05) is 23.1 Å². The Morgan fingerprint density at radius 2 is 1.97 bits per heavy atom. The number of carbonyl (C=O) groups is 2. The second kappa shape index (κ2) is 9.32. The number of nitrogens with one attached hydrogen (secondary N) is 1. The van der Waals surface area contributed by atoms with Crippen molar-refractivity contribution < 1.29 is 19.1 Å². The fourth-order valence-electron chi connectivity index (χ4n) is 4.16. The van der Waals surface area contributed by atoms with Crippen LogP contribution in [-0.4, -0.2) is 53.5 Å². The quantitative estimate of drug-likeness (QED) is 0.811. The second-order valence-corrected chi connectivity index (χ2v) is 7.90. The first-order valence-electron chi connectivity index (χ1n) is 10.8. The van der Waals surface area contributed by atoms with Crippen molar-refractivity contribution in [3.8, 4) is 11.5 Å². The third-order valence-electron chi connectivity index (χ3n) is 5.72. The molecule has 0 saturated carbocycles. The Labute approximate surface area is 182 Å². The zero-order valence-corrected chi connectivity index (χ0v) is 18.0. The number of fused-ring (bicyclic) bond motifs is 1. The Morgan fingerprint density at radius 3 is 2.77 bits per heavy atom. The molecule has 8 nitrogen and oxygen atoms in total. The molecule has 2 aliphatic heterocycles. The van der Waals surface area contributed by atoms with Gasteiger partial charge in [-0.25, -0.2) is 9.97 Å². The zero-order chi connectivity index (χ0) is 21.8. The number of hydrogen-bond acceptors (Lipinski definition) is 6. The molecule has 0 spiro atoms.